The summed E-state index contributed by atoms with van der Waals surface area (Å²) in [6.45, 7) is 7.29. The fraction of sp³-hybridized carbons (Fsp3) is 1.00. The minimum atomic E-state index is 0.694. The maximum atomic E-state index is 2.51. The predicted octanol–water partition coefficient (Wildman–Crippen LogP) is 3.96. The minimum absolute atomic E-state index is 0.694. The maximum Gasteiger partial charge on any atom is -0.00101 e. The molecule has 0 N–H and O–H groups in total. The van der Waals surface area contributed by atoms with E-state index in [2.05, 4.69) is 32.5 Å². The molecule has 76 valence electrons. The Morgan fingerprint density at radius 2 is 2.08 bits per heavy atom. The largest absolute Gasteiger partial charge is 0.161 e. The van der Waals surface area contributed by atoms with E-state index < -0.39 is 0 Å². The van der Waals surface area contributed by atoms with Crippen LogP contribution >= 0.6 is 11.8 Å². The van der Waals surface area contributed by atoms with Crippen LogP contribution in [0.3, 0.4) is 0 Å². The Morgan fingerprint density at radius 3 is 2.54 bits per heavy atom. The molecule has 0 aromatic heterocycles. The van der Waals surface area contributed by atoms with Crippen molar-refractivity contribution in [2.24, 2.45) is 16.7 Å². The highest BCUT2D eigenvalue weighted by Crippen LogP contribution is 2.63. The summed E-state index contributed by atoms with van der Waals surface area (Å²) in [6, 6.07) is 0. The summed E-state index contributed by atoms with van der Waals surface area (Å²) in [6.07, 6.45) is 5.90. The molecule has 1 heteroatoms. The summed E-state index contributed by atoms with van der Waals surface area (Å²) in [7, 11) is 0. The molecule has 1 aliphatic carbocycles. The van der Waals surface area contributed by atoms with Crippen molar-refractivity contribution in [2.45, 2.75) is 46.5 Å². The second-order valence-corrected chi connectivity index (χ2v) is 6.72. The van der Waals surface area contributed by atoms with Crippen LogP contribution in [-0.4, -0.2) is 11.5 Å². The Balaban J connectivity index is 1.94. The highest BCUT2D eigenvalue weighted by molar-refractivity contribution is 7.99. The van der Waals surface area contributed by atoms with Gasteiger partial charge in [-0.3, -0.25) is 0 Å². The molecular formula is C12H22S. The molecule has 2 rings (SSSR count). The Kier molecular flexibility index (Phi) is 2.42. The molecule has 0 bridgehead atoms. The Morgan fingerprint density at radius 1 is 1.38 bits per heavy atom. The first-order valence-electron chi connectivity index (χ1n) is 5.68. The van der Waals surface area contributed by atoms with E-state index in [1.807, 2.05) is 0 Å². The number of hydrogen-bond acceptors (Lipinski definition) is 1. The van der Waals surface area contributed by atoms with Crippen molar-refractivity contribution < 1.29 is 0 Å². The van der Waals surface area contributed by atoms with Crippen molar-refractivity contribution in [1.82, 2.24) is 0 Å². The minimum Gasteiger partial charge on any atom is -0.161 e. The molecule has 2 aliphatic rings. The van der Waals surface area contributed by atoms with Crippen LogP contribution < -0.4 is 0 Å². The zero-order valence-corrected chi connectivity index (χ0v) is 10.0. The van der Waals surface area contributed by atoms with Gasteiger partial charge in [-0.1, -0.05) is 27.2 Å². The summed E-state index contributed by atoms with van der Waals surface area (Å²) in [5, 5.41) is 0. The van der Waals surface area contributed by atoms with E-state index in [1.165, 1.54) is 37.2 Å². The predicted molar refractivity (Wildman–Crippen MR) is 61.2 cm³/mol. The highest BCUT2D eigenvalue weighted by atomic mass is 32.2. The fourth-order valence-corrected chi connectivity index (χ4v) is 4.93. The Bertz CT molecular complexity index is 183. The van der Waals surface area contributed by atoms with Crippen LogP contribution in [0.25, 0.3) is 0 Å². The van der Waals surface area contributed by atoms with Crippen LogP contribution in [0.15, 0.2) is 0 Å². The monoisotopic (exact) mass is 198 g/mol. The van der Waals surface area contributed by atoms with Crippen molar-refractivity contribution >= 4 is 11.8 Å². The van der Waals surface area contributed by atoms with Crippen molar-refractivity contribution in [3.8, 4) is 0 Å². The third kappa shape index (κ3) is 1.54. The van der Waals surface area contributed by atoms with Crippen LogP contribution in [0.4, 0.5) is 0 Å². The molecule has 0 aromatic carbocycles. The molecule has 1 atom stereocenters. The molecule has 1 heterocycles. The van der Waals surface area contributed by atoms with Gasteiger partial charge in [0.25, 0.3) is 0 Å². The molecular weight excluding hydrogens is 176 g/mol. The van der Waals surface area contributed by atoms with Crippen molar-refractivity contribution in [3.05, 3.63) is 0 Å². The highest BCUT2D eigenvalue weighted by Gasteiger charge is 2.54. The van der Waals surface area contributed by atoms with Gasteiger partial charge in [0, 0.05) is 0 Å². The van der Waals surface area contributed by atoms with Crippen LogP contribution in [0.1, 0.15) is 46.5 Å². The van der Waals surface area contributed by atoms with Gasteiger partial charge in [0.1, 0.15) is 0 Å². The molecule has 0 amide bonds. The smallest absolute Gasteiger partial charge is 0.00101 e. The van der Waals surface area contributed by atoms with E-state index in [9.17, 15) is 0 Å². The summed E-state index contributed by atoms with van der Waals surface area (Å²) >= 11 is 2.18. The van der Waals surface area contributed by atoms with Gasteiger partial charge < -0.3 is 0 Å². The van der Waals surface area contributed by atoms with Crippen molar-refractivity contribution in [2.75, 3.05) is 11.5 Å². The zero-order valence-electron chi connectivity index (χ0n) is 9.23. The first kappa shape index (κ1) is 9.89. The third-order valence-corrected chi connectivity index (χ3v) is 5.85. The van der Waals surface area contributed by atoms with Gasteiger partial charge in [0.05, 0.1) is 0 Å². The average Bonchev–Trinajstić information content (AvgIpc) is 2.50. The lowest BCUT2D eigenvalue weighted by Crippen LogP contribution is -2.48. The lowest BCUT2D eigenvalue weighted by atomic mass is 9.49. The van der Waals surface area contributed by atoms with Gasteiger partial charge in [0.15, 0.2) is 0 Å². The van der Waals surface area contributed by atoms with E-state index in [0.717, 1.165) is 11.3 Å². The SMILES string of the molecule is CCC(C)C1(C)CC2(CCSC2)C1. The van der Waals surface area contributed by atoms with Gasteiger partial charge in [-0.25, -0.2) is 0 Å². The number of hydrogen-bond donors (Lipinski definition) is 0. The van der Waals surface area contributed by atoms with Crippen LogP contribution in [0.5, 0.6) is 0 Å². The van der Waals surface area contributed by atoms with Crippen molar-refractivity contribution in [1.29, 1.82) is 0 Å². The van der Waals surface area contributed by atoms with Gasteiger partial charge in [-0.15, -0.1) is 0 Å². The summed E-state index contributed by atoms with van der Waals surface area (Å²) in [4.78, 5) is 0. The quantitative estimate of drug-likeness (QED) is 0.647. The molecule has 0 radical (unpaired) electrons. The molecule has 2 fully saturated rings. The third-order valence-electron chi connectivity index (χ3n) is 4.54. The van der Waals surface area contributed by atoms with Gasteiger partial charge >= 0.3 is 0 Å². The van der Waals surface area contributed by atoms with Gasteiger partial charge in [-0.2, -0.15) is 11.8 Å². The second kappa shape index (κ2) is 3.18. The molecule has 1 spiro atoms. The van der Waals surface area contributed by atoms with E-state index in [1.54, 1.807) is 0 Å². The second-order valence-electron chi connectivity index (χ2n) is 5.62. The number of rotatable bonds is 2. The van der Waals surface area contributed by atoms with E-state index >= 15 is 0 Å². The first-order chi connectivity index (χ1) is 6.10. The number of thioether (sulfide) groups is 1. The zero-order chi connectivity index (χ0) is 9.53. The molecule has 0 aromatic rings. The Hall–Kier alpha value is 0.350. The maximum absolute atomic E-state index is 2.51. The topological polar surface area (TPSA) is 0 Å². The summed E-state index contributed by atoms with van der Waals surface area (Å²) in [5.74, 6) is 3.82. The van der Waals surface area contributed by atoms with Crippen LogP contribution in [-0.2, 0) is 0 Å². The normalized spacial score (nSPS) is 46.4. The molecule has 13 heavy (non-hydrogen) atoms. The van der Waals surface area contributed by atoms with Crippen molar-refractivity contribution in [3.63, 3.8) is 0 Å². The fourth-order valence-electron chi connectivity index (χ4n) is 3.43. The van der Waals surface area contributed by atoms with Crippen LogP contribution in [0, 0.1) is 16.7 Å². The van der Waals surface area contributed by atoms with Gasteiger partial charge in [0.2, 0.25) is 0 Å². The first-order valence-corrected chi connectivity index (χ1v) is 6.83. The lowest BCUT2D eigenvalue weighted by Gasteiger charge is -2.56. The average molecular weight is 198 g/mol. The molecule has 0 nitrogen and oxygen atoms in total. The van der Waals surface area contributed by atoms with E-state index in [4.69, 9.17) is 0 Å². The molecule has 1 unspecified atom stereocenters. The summed E-state index contributed by atoms with van der Waals surface area (Å²) in [5.41, 5.74) is 1.49. The summed E-state index contributed by atoms with van der Waals surface area (Å²) < 4.78 is 0. The van der Waals surface area contributed by atoms with Crippen LogP contribution in [0.2, 0.25) is 0 Å². The van der Waals surface area contributed by atoms with E-state index in [-0.39, 0.29) is 0 Å². The molecule has 1 aliphatic heterocycles. The van der Waals surface area contributed by atoms with E-state index in [0.29, 0.717) is 5.41 Å². The molecule has 1 saturated heterocycles. The molecule has 1 saturated carbocycles. The standard InChI is InChI=1S/C12H22S/c1-4-10(2)11(3)7-12(8-11)5-6-13-9-12/h10H,4-9H2,1-3H3. The Labute approximate surface area is 86.9 Å². The lowest BCUT2D eigenvalue weighted by molar-refractivity contribution is -0.0488. The van der Waals surface area contributed by atoms with Gasteiger partial charge in [-0.05, 0) is 47.5 Å².